The average molecular weight is 155 g/mol. The van der Waals surface area contributed by atoms with Gasteiger partial charge in [-0.1, -0.05) is 25.9 Å². The molecule has 2 atom stereocenters. The van der Waals surface area contributed by atoms with Crippen LogP contribution in [0.1, 0.15) is 33.6 Å². The Kier molecular flexibility index (Phi) is 2.53. The van der Waals surface area contributed by atoms with Gasteiger partial charge in [0, 0.05) is 0 Å². The van der Waals surface area contributed by atoms with E-state index in [9.17, 15) is 0 Å². The van der Waals surface area contributed by atoms with Gasteiger partial charge in [0.05, 0.1) is 5.71 Å². The van der Waals surface area contributed by atoms with E-state index in [0.717, 1.165) is 11.6 Å². The molecule has 0 aromatic carbocycles. The topological polar surface area (TPSA) is 32.6 Å². The van der Waals surface area contributed by atoms with E-state index in [0.29, 0.717) is 11.8 Å². The van der Waals surface area contributed by atoms with Crippen LogP contribution in [0.5, 0.6) is 0 Å². The molecule has 1 N–H and O–H groups in total. The van der Waals surface area contributed by atoms with Gasteiger partial charge in [0.15, 0.2) is 0 Å². The maximum atomic E-state index is 8.71. The molecule has 1 rings (SSSR count). The van der Waals surface area contributed by atoms with Crippen molar-refractivity contribution < 1.29 is 5.21 Å². The maximum absolute atomic E-state index is 8.71. The van der Waals surface area contributed by atoms with E-state index in [1.165, 1.54) is 12.8 Å². The first kappa shape index (κ1) is 8.57. The fraction of sp³-hybridized carbons (Fsp3) is 0.889. The van der Waals surface area contributed by atoms with Crippen LogP contribution in [0.25, 0.3) is 0 Å². The highest BCUT2D eigenvalue weighted by molar-refractivity contribution is 5.88. The zero-order chi connectivity index (χ0) is 8.43. The molecule has 0 aromatic rings. The van der Waals surface area contributed by atoms with Crippen LogP contribution in [-0.4, -0.2) is 10.9 Å². The molecule has 1 aliphatic carbocycles. The molecule has 0 unspecified atom stereocenters. The van der Waals surface area contributed by atoms with E-state index in [2.05, 4.69) is 25.9 Å². The Hall–Kier alpha value is -0.530. The number of hydrogen-bond acceptors (Lipinski definition) is 2. The molecule has 0 radical (unpaired) electrons. The van der Waals surface area contributed by atoms with Crippen LogP contribution in [0.15, 0.2) is 5.16 Å². The van der Waals surface area contributed by atoms with Gasteiger partial charge in [0.25, 0.3) is 0 Å². The molecule has 0 aromatic heterocycles. The standard InChI is InChI=1S/C9H17NO/c1-6-4-7(2)9(10-11)8(3)5-6/h6-8,11H,4-5H2,1-3H3/t6?,7-,8-/m1/s1. The number of nitrogens with zero attached hydrogens (tertiary/aromatic N) is 1. The predicted octanol–water partition coefficient (Wildman–Crippen LogP) is 2.52. The molecule has 0 bridgehead atoms. The predicted molar refractivity (Wildman–Crippen MR) is 45.9 cm³/mol. The van der Waals surface area contributed by atoms with E-state index in [4.69, 9.17) is 5.21 Å². The third kappa shape index (κ3) is 1.73. The lowest BCUT2D eigenvalue weighted by Gasteiger charge is -2.29. The molecule has 0 amide bonds. The lowest BCUT2D eigenvalue weighted by molar-refractivity contribution is 0.292. The van der Waals surface area contributed by atoms with Gasteiger partial charge >= 0.3 is 0 Å². The van der Waals surface area contributed by atoms with Gasteiger partial charge in [-0.3, -0.25) is 0 Å². The second-order valence-electron chi connectivity index (χ2n) is 3.90. The van der Waals surface area contributed by atoms with Crippen LogP contribution in [-0.2, 0) is 0 Å². The minimum absolute atomic E-state index is 0.471. The number of rotatable bonds is 0. The van der Waals surface area contributed by atoms with Crippen LogP contribution < -0.4 is 0 Å². The summed E-state index contributed by atoms with van der Waals surface area (Å²) in [7, 11) is 0. The summed E-state index contributed by atoms with van der Waals surface area (Å²) in [6, 6.07) is 0. The van der Waals surface area contributed by atoms with Crippen LogP contribution in [0.2, 0.25) is 0 Å². The van der Waals surface area contributed by atoms with Gasteiger partial charge in [-0.05, 0) is 30.6 Å². The SMILES string of the molecule is CC1C[C@@H](C)C(=NO)[C@H](C)C1. The molecular weight excluding hydrogens is 138 g/mol. The van der Waals surface area contributed by atoms with Crippen molar-refractivity contribution in [2.24, 2.45) is 22.9 Å². The zero-order valence-corrected chi connectivity index (χ0v) is 7.54. The van der Waals surface area contributed by atoms with Crippen molar-refractivity contribution in [3.8, 4) is 0 Å². The van der Waals surface area contributed by atoms with E-state index >= 15 is 0 Å². The summed E-state index contributed by atoms with van der Waals surface area (Å²) >= 11 is 0. The Morgan fingerprint density at radius 1 is 1.18 bits per heavy atom. The van der Waals surface area contributed by atoms with Crippen molar-refractivity contribution >= 4 is 5.71 Å². The van der Waals surface area contributed by atoms with Crippen molar-refractivity contribution in [3.63, 3.8) is 0 Å². The Balaban J connectivity index is 2.67. The molecule has 11 heavy (non-hydrogen) atoms. The minimum Gasteiger partial charge on any atom is -0.411 e. The fourth-order valence-electron chi connectivity index (χ4n) is 2.23. The Morgan fingerprint density at radius 2 is 1.64 bits per heavy atom. The molecule has 2 heteroatoms. The van der Waals surface area contributed by atoms with Crippen molar-refractivity contribution in [2.75, 3.05) is 0 Å². The molecule has 0 spiro atoms. The monoisotopic (exact) mass is 155 g/mol. The first-order valence-electron chi connectivity index (χ1n) is 4.37. The third-order valence-electron chi connectivity index (χ3n) is 2.64. The molecule has 0 saturated heterocycles. The summed E-state index contributed by atoms with van der Waals surface area (Å²) < 4.78 is 0. The van der Waals surface area contributed by atoms with Crippen molar-refractivity contribution in [2.45, 2.75) is 33.6 Å². The van der Waals surface area contributed by atoms with Crippen LogP contribution in [0.4, 0.5) is 0 Å². The van der Waals surface area contributed by atoms with Crippen LogP contribution >= 0.6 is 0 Å². The highest BCUT2D eigenvalue weighted by atomic mass is 16.4. The molecular formula is C9H17NO. The Labute approximate surface area is 68.3 Å². The molecule has 1 fully saturated rings. The first-order chi connectivity index (χ1) is 5.15. The third-order valence-corrected chi connectivity index (χ3v) is 2.64. The highest BCUT2D eigenvalue weighted by Crippen LogP contribution is 2.30. The van der Waals surface area contributed by atoms with E-state index in [1.807, 2.05) is 0 Å². The quantitative estimate of drug-likeness (QED) is 0.423. The van der Waals surface area contributed by atoms with E-state index in [1.54, 1.807) is 0 Å². The molecule has 1 saturated carbocycles. The lowest BCUT2D eigenvalue weighted by Crippen LogP contribution is -2.28. The Morgan fingerprint density at radius 3 is 2.00 bits per heavy atom. The lowest BCUT2D eigenvalue weighted by atomic mass is 9.76. The maximum Gasteiger partial charge on any atom is 0.0627 e. The van der Waals surface area contributed by atoms with Crippen molar-refractivity contribution in [3.05, 3.63) is 0 Å². The second-order valence-corrected chi connectivity index (χ2v) is 3.90. The minimum atomic E-state index is 0.471. The number of oxime groups is 1. The average Bonchev–Trinajstić information content (AvgIpc) is 1.85. The van der Waals surface area contributed by atoms with Crippen molar-refractivity contribution in [1.29, 1.82) is 0 Å². The first-order valence-corrected chi connectivity index (χ1v) is 4.37. The molecule has 2 nitrogen and oxygen atoms in total. The van der Waals surface area contributed by atoms with Gasteiger partial charge in [-0.15, -0.1) is 0 Å². The summed E-state index contributed by atoms with van der Waals surface area (Å²) in [5.74, 6) is 1.72. The summed E-state index contributed by atoms with van der Waals surface area (Å²) in [4.78, 5) is 0. The summed E-state index contributed by atoms with van der Waals surface area (Å²) in [6.45, 7) is 6.55. The van der Waals surface area contributed by atoms with E-state index < -0.39 is 0 Å². The normalized spacial score (nSPS) is 38.8. The smallest absolute Gasteiger partial charge is 0.0627 e. The Bertz CT molecular complexity index is 151. The fourth-order valence-corrected chi connectivity index (χ4v) is 2.23. The molecule has 0 heterocycles. The highest BCUT2D eigenvalue weighted by Gasteiger charge is 2.27. The molecule has 1 aliphatic rings. The molecule has 0 aliphatic heterocycles. The summed E-state index contributed by atoms with van der Waals surface area (Å²) in [5.41, 5.74) is 0.989. The number of hydrogen-bond donors (Lipinski definition) is 1. The second kappa shape index (κ2) is 3.24. The van der Waals surface area contributed by atoms with Gasteiger partial charge in [-0.25, -0.2) is 0 Å². The molecule has 64 valence electrons. The van der Waals surface area contributed by atoms with Gasteiger partial charge in [0.2, 0.25) is 0 Å². The summed E-state index contributed by atoms with van der Waals surface area (Å²) in [5, 5.41) is 12.1. The van der Waals surface area contributed by atoms with Crippen molar-refractivity contribution in [1.82, 2.24) is 0 Å². The van der Waals surface area contributed by atoms with Gasteiger partial charge < -0.3 is 5.21 Å². The van der Waals surface area contributed by atoms with Gasteiger partial charge in [0.1, 0.15) is 0 Å². The van der Waals surface area contributed by atoms with Crippen LogP contribution in [0.3, 0.4) is 0 Å². The zero-order valence-electron chi connectivity index (χ0n) is 7.54. The van der Waals surface area contributed by atoms with Gasteiger partial charge in [-0.2, -0.15) is 0 Å². The largest absolute Gasteiger partial charge is 0.411 e. The van der Waals surface area contributed by atoms with E-state index in [-0.39, 0.29) is 0 Å². The summed E-state index contributed by atoms with van der Waals surface area (Å²) in [6.07, 6.45) is 2.34. The van der Waals surface area contributed by atoms with Crippen LogP contribution in [0, 0.1) is 17.8 Å².